The van der Waals surface area contributed by atoms with Crippen LogP contribution in [-0.4, -0.2) is 17.0 Å². The van der Waals surface area contributed by atoms with E-state index in [-0.39, 0.29) is 17.9 Å². The molecule has 2 aromatic carbocycles. The van der Waals surface area contributed by atoms with Gasteiger partial charge in [-0.25, -0.2) is 4.79 Å². The monoisotopic (exact) mass is 311 g/mol. The lowest BCUT2D eigenvalue weighted by atomic mass is 10.0. The summed E-state index contributed by atoms with van der Waals surface area (Å²) in [4.78, 5) is 23.2. The molecule has 1 amide bonds. The maximum Gasteiger partial charge on any atom is 0.335 e. The highest BCUT2D eigenvalue weighted by atomic mass is 16.4. The van der Waals surface area contributed by atoms with Gasteiger partial charge in [0, 0.05) is 13.0 Å². The highest BCUT2D eigenvalue weighted by Gasteiger charge is 2.10. The van der Waals surface area contributed by atoms with E-state index in [4.69, 9.17) is 5.11 Å². The van der Waals surface area contributed by atoms with Crippen LogP contribution in [0.25, 0.3) is 0 Å². The van der Waals surface area contributed by atoms with Crippen LogP contribution in [0.3, 0.4) is 0 Å². The summed E-state index contributed by atoms with van der Waals surface area (Å²) in [5.74, 6) is -1.03. The van der Waals surface area contributed by atoms with Gasteiger partial charge in [0.25, 0.3) is 0 Å². The smallest absolute Gasteiger partial charge is 0.335 e. The Kier molecular flexibility index (Phi) is 5.92. The first-order chi connectivity index (χ1) is 11.1. The first-order valence-electron chi connectivity index (χ1n) is 7.76. The zero-order valence-corrected chi connectivity index (χ0v) is 13.2. The molecule has 0 aliphatic rings. The first-order valence-corrected chi connectivity index (χ1v) is 7.76. The van der Waals surface area contributed by atoms with Crippen LogP contribution in [0.1, 0.15) is 40.4 Å². The molecular weight excluding hydrogens is 290 g/mol. The molecule has 2 N–H and O–H groups in total. The molecule has 0 aromatic heterocycles. The molecule has 4 heteroatoms. The number of hydrogen-bond donors (Lipinski definition) is 2. The molecule has 23 heavy (non-hydrogen) atoms. The van der Waals surface area contributed by atoms with Gasteiger partial charge in [0.2, 0.25) is 5.91 Å². The van der Waals surface area contributed by atoms with Crippen LogP contribution in [0.5, 0.6) is 0 Å². The number of rotatable bonds is 7. The molecule has 0 saturated heterocycles. The minimum absolute atomic E-state index is 0.0731. The maximum atomic E-state index is 12.0. The zero-order valence-electron chi connectivity index (χ0n) is 13.2. The maximum absolute atomic E-state index is 12.0. The van der Waals surface area contributed by atoms with Crippen molar-refractivity contribution in [2.24, 2.45) is 0 Å². The van der Waals surface area contributed by atoms with E-state index >= 15 is 0 Å². The number of carboxylic acid groups (broad SMARTS) is 1. The molecule has 0 spiro atoms. The number of hydrogen-bond acceptors (Lipinski definition) is 2. The molecule has 0 atom stereocenters. The van der Waals surface area contributed by atoms with Gasteiger partial charge >= 0.3 is 5.97 Å². The van der Waals surface area contributed by atoms with Crippen LogP contribution in [0.15, 0.2) is 48.5 Å². The molecule has 120 valence electrons. The van der Waals surface area contributed by atoms with Crippen LogP contribution in [-0.2, 0) is 24.2 Å². The highest BCUT2D eigenvalue weighted by Crippen LogP contribution is 2.12. The van der Waals surface area contributed by atoms with Gasteiger partial charge in [-0.3, -0.25) is 4.79 Å². The Hall–Kier alpha value is -2.62. The fourth-order valence-corrected chi connectivity index (χ4v) is 2.55. The lowest BCUT2D eigenvalue weighted by molar-refractivity contribution is -0.121. The van der Waals surface area contributed by atoms with Crippen LogP contribution in [0.4, 0.5) is 0 Å². The van der Waals surface area contributed by atoms with Crippen molar-refractivity contribution >= 4 is 11.9 Å². The predicted molar refractivity (Wildman–Crippen MR) is 89.4 cm³/mol. The topological polar surface area (TPSA) is 66.4 Å². The number of aryl methyl sites for hydroxylation is 2. The van der Waals surface area contributed by atoms with Crippen molar-refractivity contribution in [3.63, 3.8) is 0 Å². The lowest BCUT2D eigenvalue weighted by Crippen LogP contribution is -2.23. The van der Waals surface area contributed by atoms with Crippen LogP contribution in [0.2, 0.25) is 0 Å². The number of carbonyl (C=O) groups excluding carboxylic acids is 1. The molecule has 2 aromatic rings. The van der Waals surface area contributed by atoms with Crippen molar-refractivity contribution in [2.75, 3.05) is 0 Å². The van der Waals surface area contributed by atoms with Gasteiger partial charge in [-0.15, -0.1) is 0 Å². The number of nitrogens with one attached hydrogen (secondary N) is 1. The Bertz CT molecular complexity index is 695. The van der Waals surface area contributed by atoms with Crippen LogP contribution < -0.4 is 5.32 Å². The summed E-state index contributed by atoms with van der Waals surface area (Å²) in [7, 11) is 0. The number of aromatic carboxylic acids is 1. The Labute approximate surface area is 136 Å². The van der Waals surface area contributed by atoms with Crippen molar-refractivity contribution in [3.8, 4) is 0 Å². The molecule has 0 radical (unpaired) electrons. The van der Waals surface area contributed by atoms with E-state index in [0.29, 0.717) is 18.5 Å². The Morgan fingerprint density at radius 2 is 1.57 bits per heavy atom. The quantitative estimate of drug-likeness (QED) is 0.825. The third-order valence-corrected chi connectivity index (χ3v) is 3.84. The SMILES string of the molecule is CCc1ccccc1CNC(=O)CCc1ccccc1C(=O)O. The number of amides is 1. The van der Waals surface area contributed by atoms with Gasteiger partial charge in [0.05, 0.1) is 5.56 Å². The van der Waals surface area contributed by atoms with Crippen LogP contribution in [0, 0.1) is 0 Å². The van der Waals surface area contributed by atoms with Gasteiger partial charge in [0.1, 0.15) is 0 Å². The van der Waals surface area contributed by atoms with Crippen molar-refractivity contribution < 1.29 is 14.7 Å². The second kappa shape index (κ2) is 8.13. The van der Waals surface area contributed by atoms with Gasteiger partial charge in [-0.05, 0) is 35.6 Å². The second-order valence-corrected chi connectivity index (χ2v) is 5.36. The second-order valence-electron chi connectivity index (χ2n) is 5.36. The van der Waals surface area contributed by atoms with Gasteiger partial charge in [-0.1, -0.05) is 49.4 Å². The standard InChI is InChI=1S/C19H21NO3/c1-2-14-7-3-4-9-16(14)13-20-18(21)12-11-15-8-5-6-10-17(15)19(22)23/h3-10H,2,11-13H2,1H3,(H,20,21)(H,22,23). The number of benzene rings is 2. The molecule has 0 aliphatic heterocycles. The van der Waals surface area contributed by atoms with E-state index in [2.05, 4.69) is 18.3 Å². The van der Waals surface area contributed by atoms with Gasteiger partial charge in [-0.2, -0.15) is 0 Å². The largest absolute Gasteiger partial charge is 0.478 e. The summed E-state index contributed by atoms with van der Waals surface area (Å²) in [6.45, 7) is 2.59. The van der Waals surface area contributed by atoms with Crippen molar-refractivity contribution in [3.05, 3.63) is 70.8 Å². The lowest BCUT2D eigenvalue weighted by Gasteiger charge is -2.10. The number of carbonyl (C=O) groups is 2. The third kappa shape index (κ3) is 4.68. The summed E-state index contributed by atoms with van der Waals surface area (Å²) >= 11 is 0. The zero-order chi connectivity index (χ0) is 16.7. The van der Waals surface area contributed by atoms with E-state index in [1.54, 1.807) is 24.3 Å². The summed E-state index contributed by atoms with van der Waals surface area (Å²) < 4.78 is 0. The van der Waals surface area contributed by atoms with E-state index in [1.807, 2.05) is 18.2 Å². The third-order valence-electron chi connectivity index (χ3n) is 3.84. The normalized spacial score (nSPS) is 10.3. The Morgan fingerprint density at radius 1 is 0.957 bits per heavy atom. The van der Waals surface area contributed by atoms with Crippen molar-refractivity contribution in [2.45, 2.75) is 32.7 Å². The Balaban J connectivity index is 1.90. The minimum atomic E-state index is -0.960. The molecule has 0 fully saturated rings. The molecule has 0 aliphatic carbocycles. The molecule has 2 rings (SSSR count). The Morgan fingerprint density at radius 3 is 2.22 bits per heavy atom. The molecule has 0 heterocycles. The van der Waals surface area contributed by atoms with E-state index in [0.717, 1.165) is 12.0 Å². The summed E-state index contributed by atoms with van der Waals surface area (Å²) in [5, 5.41) is 12.0. The molecule has 0 saturated carbocycles. The molecule has 0 unspecified atom stereocenters. The molecule has 0 bridgehead atoms. The van der Waals surface area contributed by atoms with Crippen molar-refractivity contribution in [1.29, 1.82) is 0 Å². The average molecular weight is 311 g/mol. The first kappa shape index (κ1) is 16.7. The summed E-state index contributed by atoms with van der Waals surface area (Å²) in [5.41, 5.74) is 3.29. The van der Waals surface area contributed by atoms with Crippen LogP contribution >= 0.6 is 0 Å². The fourth-order valence-electron chi connectivity index (χ4n) is 2.55. The van der Waals surface area contributed by atoms with E-state index in [9.17, 15) is 9.59 Å². The van der Waals surface area contributed by atoms with E-state index in [1.165, 1.54) is 5.56 Å². The molecular formula is C19H21NO3. The predicted octanol–water partition coefficient (Wildman–Crippen LogP) is 3.20. The van der Waals surface area contributed by atoms with Crippen molar-refractivity contribution in [1.82, 2.24) is 5.32 Å². The van der Waals surface area contributed by atoms with Gasteiger partial charge < -0.3 is 10.4 Å². The summed E-state index contributed by atoms with van der Waals surface area (Å²) in [6, 6.07) is 14.8. The van der Waals surface area contributed by atoms with E-state index < -0.39 is 5.97 Å². The number of carboxylic acids is 1. The van der Waals surface area contributed by atoms with Gasteiger partial charge in [0.15, 0.2) is 0 Å². The summed E-state index contributed by atoms with van der Waals surface area (Å²) in [6.07, 6.45) is 1.63. The molecule has 4 nitrogen and oxygen atoms in total. The highest BCUT2D eigenvalue weighted by molar-refractivity contribution is 5.89. The fraction of sp³-hybridized carbons (Fsp3) is 0.263. The minimum Gasteiger partial charge on any atom is -0.478 e. The average Bonchev–Trinajstić information content (AvgIpc) is 2.58.